The predicted octanol–water partition coefficient (Wildman–Crippen LogP) is 3.72. The fraction of sp³-hybridized carbons (Fsp3) is 0.406. The van der Waals surface area contributed by atoms with Crippen molar-refractivity contribution >= 4 is 17.5 Å². The molecular weight excluding hydrogens is 504 g/mol. The van der Waals surface area contributed by atoms with Gasteiger partial charge in [0.15, 0.2) is 0 Å². The third kappa shape index (κ3) is 5.46. The standard InChI is InChI=1S/C32H36N4O4/c1-20-15-21(2)34-31(38)28(20)18-33-30(37)27-16-25(17-29-26(27)9-10-36(29)32(39)24-7-8-24)23-5-3-22(4-6-23)19-35-11-13-40-14-12-35/h3-6,15-17,24H,7-14,18-19H2,1-2H3,(H,33,37)(H,34,38). The smallest absolute Gasteiger partial charge is 0.253 e. The van der Waals surface area contributed by atoms with Crippen LogP contribution < -0.4 is 15.8 Å². The number of ether oxygens (including phenoxy) is 1. The molecule has 0 radical (unpaired) electrons. The van der Waals surface area contributed by atoms with E-state index in [1.54, 1.807) is 0 Å². The highest BCUT2D eigenvalue weighted by molar-refractivity contribution is 6.04. The Kier molecular flexibility index (Phi) is 7.29. The zero-order valence-electron chi connectivity index (χ0n) is 23.2. The van der Waals surface area contributed by atoms with Crippen molar-refractivity contribution in [2.24, 2.45) is 5.92 Å². The van der Waals surface area contributed by atoms with Crippen molar-refractivity contribution in [3.8, 4) is 11.1 Å². The zero-order chi connectivity index (χ0) is 27.8. The summed E-state index contributed by atoms with van der Waals surface area (Å²) >= 11 is 0. The molecule has 6 rings (SSSR count). The van der Waals surface area contributed by atoms with Crippen LogP contribution in [0.5, 0.6) is 0 Å². The number of nitrogens with zero attached hydrogens (tertiary/aromatic N) is 2. The number of morpholine rings is 1. The Balaban J connectivity index is 1.30. The van der Waals surface area contributed by atoms with Crippen LogP contribution in [0.1, 0.15) is 51.1 Å². The summed E-state index contributed by atoms with van der Waals surface area (Å²) < 4.78 is 5.46. The Hall–Kier alpha value is -3.75. The van der Waals surface area contributed by atoms with Gasteiger partial charge in [0.05, 0.1) is 13.2 Å². The molecule has 8 heteroatoms. The first kappa shape index (κ1) is 26.5. The summed E-state index contributed by atoms with van der Waals surface area (Å²) in [7, 11) is 0. The Morgan fingerprint density at radius 2 is 1.75 bits per heavy atom. The van der Waals surface area contributed by atoms with E-state index in [9.17, 15) is 14.4 Å². The summed E-state index contributed by atoms with van der Waals surface area (Å²) in [6.45, 7) is 8.74. The molecule has 0 spiro atoms. The lowest BCUT2D eigenvalue weighted by Gasteiger charge is -2.26. The maximum absolute atomic E-state index is 13.6. The summed E-state index contributed by atoms with van der Waals surface area (Å²) in [5.41, 5.74) is 7.43. The number of fused-ring (bicyclic) bond motifs is 1. The molecular formula is C32H36N4O4. The van der Waals surface area contributed by atoms with Gasteiger partial charge in [-0.25, -0.2) is 0 Å². The molecule has 2 fully saturated rings. The number of hydrogen-bond donors (Lipinski definition) is 2. The second kappa shape index (κ2) is 11.0. The van der Waals surface area contributed by atoms with Gasteiger partial charge in [-0.15, -0.1) is 0 Å². The average Bonchev–Trinajstić information content (AvgIpc) is 3.71. The van der Waals surface area contributed by atoms with Gasteiger partial charge >= 0.3 is 0 Å². The lowest BCUT2D eigenvalue weighted by molar-refractivity contribution is -0.119. The van der Waals surface area contributed by atoms with Crippen LogP contribution in [-0.2, 0) is 29.0 Å². The summed E-state index contributed by atoms with van der Waals surface area (Å²) in [5, 5.41) is 2.98. The van der Waals surface area contributed by atoms with Crippen molar-refractivity contribution in [3.63, 3.8) is 0 Å². The third-order valence-corrected chi connectivity index (χ3v) is 8.26. The van der Waals surface area contributed by atoms with E-state index in [1.165, 1.54) is 5.56 Å². The van der Waals surface area contributed by atoms with Crippen LogP contribution in [0.15, 0.2) is 47.3 Å². The van der Waals surface area contributed by atoms with Gasteiger partial charge < -0.3 is 19.9 Å². The predicted molar refractivity (Wildman–Crippen MR) is 154 cm³/mol. The summed E-state index contributed by atoms with van der Waals surface area (Å²) in [6.07, 6.45) is 2.51. The molecule has 40 heavy (non-hydrogen) atoms. The normalized spacial score (nSPS) is 17.1. The molecule has 2 amide bonds. The number of aromatic nitrogens is 1. The minimum atomic E-state index is -0.234. The fourth-order valence-electron chi connectivity index (χ4n) is 5.84. The molecule has 3 aromatic rings. The van der Waals surface area contributed by atoms with E-state index in [0.29, 0.717) is 24.1 Å². The van der Waals surface area contributed by atoms with Crippen LogP contribution in [0, 0.1) is 19.8 Å². The van der Waals surface area contributed by atoms with Crippen LogP contribution in [0.2, 0.25) is 0 Å². The molecule has 1 aliphatic carbocycles. The van der Waals surface area contributed by atoms with Crippen LogP contribution in [0.4, 0.5) is 5.69 Å². The molecule has 2 aromatic carbocycles. The molecule has 8 nitrogen and oxygen atoms in total. The number of H-pyrrole nitrogens is 1. The number of benzene rings is 2. The first-order valence-electron chi connectivity index (χ1n) is 14.2. The van der Waals surface area contributed by atoms with Gasteiger partial charge in [-0.1, -0.05) is 24.3 Å². The second-order valence-electron chi connectivity index (χ2n) is 11.2. The van der Waals surface area contributed by atoms with Gasteiger partial charge in [-0.3, -0.25) is 19.3 Å². The SMILES string of the molecule is Cc1cc(C)c(CNC(=O)c2cc(-c3ccc(CN4CCOCC4)cc3)cc3c2CCN3C(=O)C2CC2)c(=O)[nH]1. The van der Waals surface area contributed by atoms with E-state index in [-0.39, 0.29) is 29.8 Å². The van der Waals surface area contributed by atoms with Crippen LogP contribution >= 0.6 is 0 Å². The third-order valence-electron chi connectivity index (χ3n) is 8.26. The van der Waals surface area contributed by atoms with E-state index in [2.05, 4.69) is 45.5 Å². The number of aryl methyl sites for hydroxylation is 2. The van der Waals surface area contributed by atoms with E-state index in [1.807, 2.05) is 30.9 Å². The average molecular weight is 541 g/mol. The molecule has 2 aliphatic heterocycles. The van der Waals surface area contributed by atoms with Crippen LogP contribution in [-0.4, -0.2) is 54.5 Å². The fourth-order valence-corrected chi connectivity index (χ4v) is 5.84. The van der Waals surface area contributed by atoms with Crippen LogP contribution in [0.3, 0.4) is 0 Å². The van der Waals surface area contributed by atoms with E-state index >= 15 is 0 Å². The molecule has 1 saturated carbocycles. The number of hydrogen-bond acceptors (Lipinski definition) is 5. The number of amides is 2. The maximum atomic E-state index is 13.6. The Morgan fingerprint density at radius 3 is 2.45 bits per heavy atom. The van der Waals surface area contributed by atoms with Crippen molar-refractivity contribution in [2.75, 3.05) is 37.7 Å². The van der Waals surface area contributed by atoms with E-state index in [4.69, 9.17) is 4.74 Å². The van der Waals surface area contributed by atoms with Gasteiger partial charge in [0, 0.05) is 61.1 Å². The van der Waals surface area contributed by atoms with Gasteiger partial charge in [-0.05, 0) is 79.1 Å². The van der Waals surface area contributed by atoms with Crippen molar-refractivity contribution in [1.29, 1.82) is 0 Å². The Labute approximate surface area is 234 Å². The highest BCUT2D eigenvalue weighted by Crippen LogP contribution is 2.40. The highest BCUT2D eigenvalue weighted by atomic mass is 16.5. The first-order chi connectivity index (χ1) is 19.4. The monoisotopic (exact) mass is 540 g/mol. The second-order valence-corrected chi connectivity index (χ2v) is 11.2. The van der Waals surface area contributed by atoms with Crippen molar-refractivity contribution in [1.82, 2.24) is 15.2 Å². The molecule has 0 unspecified atom stereocenters. The number of carbonyl (C=O) groups excluding carboxylic acids is 2. The van der Waals surface area contributed by atoms with Crippen molar-refractivity contribution < 1.29 is 14.3 Å². The minimum absolute atomic E-state index is 0.0996. The van der Waals surface area contributed by atoms with Gasteiger partial charge in [-0.2, -0.15) is 0 Å². The van der Waals surface area contributed by atoms with Gasteiger partial charge in [0.25, 0.3) is 11.5 Å². The maximum Gasteiger partial charge on any atom is 0.253 e. The van der Waals surface area contributed by atoms with E-state index in [0.717, 1.165) is 79.3 Å². The number of rotatable bonds is 7. The number of anilines is 1. The highest BCUT2D eigenvalue weighted by Gasteiger charge is 2.38. The topological polar surface area (TPSA) is 94.7 Å². The largest absolute Gasteiger partial charge is 0.379 e. The molecule has 0 bridgehead atoms. The zero-order valence-corrected chi connectivity index (χ0v) is 23.2. The summed E-state index contributed by atoms with van der Waals surface area (Å²) in [6, 6.07) is 14.4. The molecule has 2 N–H and O–H groups in total. The minimum Gasteiger partial charge on any atom is -0.379 e. The number of pyridine rings is 1. The number of aromatic amines is 1. The lowest BCUT2D eigenvalue weighted by Crippen LogP contribution is -2.35. The Bertz CT molecular complexity index is 1500. The molecule has 3 heterocycles. The van der Waals surface area contributed by atoms with Crippen LogP contribution in [0.25, 0.3) is 11.1 Å². The summed E-state index contributed by atoms with van der Waals surface area (Å²) in [5.74, 6) is 0.0228. The van der Waals surface area contributed by atoms with Crippen molar-refractivity contribution in [2.45, 2.75) is 46.2 Å². The number of nitrogens with one attached hydrogen (secondary N) is 2. The van der Waals surface area contributed by atoms with Gasteiger partial charge in [0.2, 0.25) is 5.91 Å². The first-order valence-corrected chi connectivity index (χ1v) is 14.2. The molecule has 3 aliphatic rings. The summed E-state index contributed by atoms with van der Waals surface area (Å²) in [4.78, 5) is 46.3. The lowest BCUT2D eigenvalue weighted by atomic mass is 9.96. The Morgan fingerprint density at radius 1 is 1.00 bits per heavy atom. The molecule has 0 atom stereocenters. The molecule has 208 valence electrons. The quantitative estimate of drug-likeness (QED) is 0.477. The molecule has 1 saturated heterocycles. The van der Waals surface area contributed by atoms with Crippen molar-refractivity contribution in [3.05, 3.63) is 86.3 Å². The van der Waals surface area contributed by atoms with E-state index < -0.39 is 0 Å². The number of carbonyl (C=O) groups is 2. The van der Waals surface area contributed by atoms with Gasteiger partial charge in [0.1, 0.15) is 0 Å². The molecule has 1 aromatic heterocycles.